The summed E-state index contributed by atoms with van der Waals surface area (Å²) in [6, 6.07) is 0. The molecule has 0 rings (SSSR count). The second-order valence-electron chi connectivity index (χ2n) is 1.42. The summed E-state index contributed by atoms with van der Waals surface area (Å²) in [7, 11) is 0. The molecule has 0 bridgehead atoms. The fourth-order valence-electron chi connectivity index (χ4n) is 0.236. The van der Waals surface area contributed by atoms with E-state index in [9.17, 15) is 0 Å². The van der Waals surface area contributed by atoms with E-state index >= 15 is 0 Å². The van der Waals surface area contributed by atoms with Crippen LogP contribution in [0, 0.1) is 0 Å². The molecule has 0 saturated heterocycles. The predicted octanol–water partition coefficient (Wildman–Crippen LogP) is 0.916. The van der Waals surface area contributed by atoms with Gasteiger partial charge in [-0.05, 0) is 0 Å². The van der Waals surface area contributed by atoms with Crippen LogP contribution in [0.25, 0.3) is 0 Å². The molecular formula is C4H9OZn. The molecule has 0 aliphatic heterocycles. The third kappa shape index (κ3) is 4.58. The number of rotatable bonds is 2. The Hall–Kier alpha value is 0.583. The summed E-state index contributed by atoms with van der Waals surface area (Å²) >= 11 is 1.25. The molecule has 33 valence electrons. The van der Waals surface area contributed by atoms with E-state index in [0.717, 1.165) is 5.20 Å². The van der Waals surface area contributed by atoms with Crippen LogP contribution in [0.15, 0.2) is 0 Å². The first-order valence-electron chi connectivity index (χ1n) is 2.18. The molecule has 0 spiro atoms. The van der Waals surface area contributed by atoms with E-state index in [1.807, 2.05) is 0 Å². The normalized spacial score (nSPS) is 10.2. The van der Waals surface area contributed by atoms with Crippen molar-refractivity contribution in [2.24, 2.45) is 0 Å². The Bertz CT molecular complexity index is 28.7. The van der Waals surface area contributed by atoms with Gasteiger partial charge in [0, 0.05) is 0 Å². The Balaban J connectivity index is 2.63. The van der Waals surface area contributed by atoms with Crippen LogP contribution < -0.4 is 0 Å². The van der Waals surface area contributed by atoms with Crippen molar-refractivity contribution in [2.45, 2.75) is 20.0 Å². The van der Waals surface area contributed by atoms with Crippen LogP contribution in [0.2, 0.25) is 0 Å². The summed E-state index contributed by atoms with van der Waals surface area (Å²) in [6.07, 6.45) is 0.429. The number of hydrogen-bond donors (Lipinski definition) is 0. The van der Waals surface area contributed by atoms with Gasteiger partial charge >= 0.3 is 48.2 Å². The van der Waals surface area contributed by atoms with Gasteiger partial charge in [0.15, 0.2) is 0 Å². The van der Waals surface area contributed by atoms with Gasteiger partial charge < -0.3 is 0 Å². The zero-order valence-corrected chi connectivity index (χ0v) is 7.37. The first-order valence-corrected chi connectivity index (χ1v) is 4.28. The Morgan fingerprint density at radius 3 is 2.17 bits per heavy atom. The topological polar surface area (TPSA) is 9.23 Å². The Labute approximate surface area is 48.7 Å². The van der Waals surface area contributed by atoms with Crippen molar-refractivity contribution in [1.82, 2.24) is 0 Å². The van der Waals surface area contributed by atoms with Gasteiger partial charge in [-0.2, -0.15) is 0 Å². The van der Waals surface area contributed by atoms with E-state index in [0.29, 0.717) is 6.10 Å². The van der Waals surface area contributed by atoms with Gasteiger partial charge in [-0.3, -0.25) is 0 Å². The van der Waals surface area contributed by atoms with Crippen LogP contribution >= 0.6 is 0 Å². The molecule has 0 N–H and O–H groups in total. The molecule has 6 heavy (non-hydrogen) atoms. The molecule has 0 radical (unpaired) electrons. The van der Waals surface area contributed by atoms with E-state index in [-0.39, 0.29) is 0 Å². The summed E-state index contributed by atoms with van der Waals surface area (Å²) < 4.78 is 5.10. The molecule has 0 amide bonds. The Morgan fingerprint density at radius 2 is 2.17 bits per heavy atom. The minimum atomic E-state index is 0.429. The van der Waals surface area contributed by atoms with Crippen molar-refractivity contribution < 1.29 is 23.0 Å². The summed E-state index contributed by atoms with van der Waals surface area (Å²) in [5.74, 6) is 0. The summed E-state index contributed by atoms with van der Waals surface area (Å²) in [5.41, 5.74) is 0. The molecule has 0 aliphatic carbocycles. The molecule has 0 aromatic rings. The van der Waals surface area contributed by atoms with Crippen molar-refractivity contribution in [3.8, 4) is 0 Å². The van der Waals surface area contributed by atoms with Crippen molar-refractivity contribution in [3.05, 3.63) is 0 Å². The number of hydrogen-bond acceptors (Lipinski definition) is 1. The molecule has 0 aliphatic rings. The van der Waals surface area contributed by atoms with Crippen LogP contribution in [-0.2, 0) is 23.0 Å². The zero-order valence-electron chi connectivity index (χ0n) is 4.40. The standard InChI is InChI=1S/C4H9O.Zn/c1-4(2)5-3;/h4H,3H2,1-2H3;. The monoisotopic (exact) mass is 137 g/mol. The molecular weight excluding hydrogens is 129 g/mol. The molecule has 1 nitrogen and oxygen atoms in total. The first kappa shape index (κ1) is 6.58. The molecule has 0 atom stereocenters. The van der Waals surface area contributed by atoms with Gasteiger partial charge in [-0.25, -0.2) is 0 Å². The zero-order chi connectivity index (χ0) is 4.99. The molecule has 0 aromatic heterocycles. The minimum absolute atomic E-state index is 0.429. The molecule has 0 aromatic carbocycles. The number of ether oxygens (including phenoxy) is 1. The molecule has 0 unspecified atom stereocenters. The van der Waals surface area contributed by atoms with Crippen molar-refractivity contribution in [3.63, 3.8) is 0 Å². The van der Waals surface area contributed by atoms with Crippen molar-refractivity contribution in [1.29, 1.82) is 0 Å². The third-order valence-corrected chi connectivity index (χ3v) is 0.946. The first-order chi connectivity index (χ1) is 2.77. The Morgan fingerprint density at radius 1 is 1.67 bits per heavy atom. The summed E-state index contributed by atoms with van der Waals surface area (Å²) in [6.45, 7) is 4.10. The van der Waals surface area contributed by atoms with Crippen molar-refractivity contribution in [2.75, 3.05) is 5.20 Å². The molecule has 2 heteroatoms. The SMILES string of the molecule is CC(C)O[CH2][Zn]. The fourth-order valence-corrected chi connectivity index (χ4v) is 1.22. The van der Waals surface area contributed by atoms with Gasteiger partial charge in [0.1, 0.15) is 0 Å². The van der Waals surface area contributed by atoms with Crippen LogP contribution in [0.1, 0.15) is 13.8 Å². The van der Waals surface area contributed by atoms with E-state index in [4.69, 9.17) is 4.74 Å². The van der Waals surface area contributed by atoms with Gasteiger partial charge in [0.05, 0.1) is 0 Å². The second kappa shape index (κ2) is 3.76. The predicted molar refractivity (Wildman–Crippen MR) is 21.1 cm³/mol. The molecule has 0 fully saturated rings. The summed E-state index contributed by atoms with van der Waals surface area (Å²) in [5, 5.41) is 0.956. The Kier molecular flexibility index (Phi) is 4.13. The van der Waals surface area contributed by atoms with Crippen LogP contribution in [0.4, 0.5) is 0 Å². The average molecular weight is 139 g/mol. The van der Waals surface area contributed by atoms with E-state index in [1.54, 1.807) is 0 Å². The van der Waals surface area contributed by atoms with Crippen LogP contribution in [0.5, 0.6) is 0 Å². The second-order valence-corrected chi connectivity index (χ2v) is 2.28. The third-order valence-electron chi connectivity index (χ3n) is 0.451. The van der Waals surface area contributed by atoms with E-state index < -0.39 is 0 Å². The quantitative estimate of drug-likeness (QED) is 0.516. The maximum atomic E-state index is 5.10. The fraction of sp³-hybridized carbons (Fsp3) is 1.00. The summed E-state index contributed by atoms with van der Waals surface area (Å²) in [4.78, 5) is 0. The van der Waals surface area contributed by atoms with Crippen molar-refractivity contribution >= 4 is 0 Å². The van der Waals surface area contributed by atoms with Gasteiger partial charge in [0.25, 0.3) is 0 Å². The van der Waals surface area contributed by atoms with Crippen LogP contribution in [-0.4, -0.2) is 11.3 Å². The maximum absolute atomic E-state index is 5.10. The van der Waals surface area contributed by atoms with Gasteiger partial charge in [0.2, 0.25) is 0 Å². The van der Waals surface area contributed by atoms with Gasteiger partial charge in [-0.15, -0.1) is 0 Å². The molecule has 0 heterocycles. The van der Waals surface area contributed by atoms with E-state index in [2.05, 4.69) is 13.8 Å². The van der Waals surface area contributed by atoms with E-state index in [1.165, 1.54) is 18.3 Å². The average Bonchev–Trinajstić information content (AvgIpc) is 1.35. The van der Waals surface area contributed by atoms with Crippen LogP contribution in [0.3, 0.4) is 0 Å². The molecule has 0 saturated carbocycles. The van der Waals surface area contributed by atoms with Gasteiger partial charge in [-0.1, -0.05) is 0 Å².